The van der Waals surface area contributed by atoms with E-state index in [0.29, 0.717) is 0 Å². The van der Waals surface area contributed by atoms with E-state index in [-0.39, 0.29) is 21.1 Å². The van der Waals surface area contributed by atoms with Crippen molar-refractivity contribution in [2.45, 2.75) is 62.3 Å². The topological polar surface area (TPSA) is 0 Å². The van der Waals surface area contributed by atoms with Crippen molar-refractivity contribution in [2.75, 3.05) is 0 Å². The third-order valence-electron chi connectivity index (χ3n) is 2.63. The molecule has 1 aromatic rings. The van der Waals surface area contributed by atoms with Gasteiger partial charge >= 0.3 is 69.5 Å². The van der Waals surface area contributed by atoms with E-state index in [1.54, 1.807) is 8.87 Å². The summed E-state index contributed by atoms with van der Waals surface area (Å²) in [5.74, 6) is 0. The summed E-state index contributed by atoms with van der Waals surface area (Å²) in [5, 5.41) is 0. The Morgan fingerprint density at radius 3 is 1.41 bits per heavy atom. The monoisotopic (exact) mass is 340 g/mol. The average molecular weight is 339 g/mol. The summed E-state index contributed by atoms with van der Waals surface area (Å²) in [6, 6.07) is 8.48. The van der Waals surface area contributed by atoms with Crippen LogP contribution in [0.2, 0.25) is 8.87 Å². The van der Waals surface area contributed by atoms with E-state index >= 15 is 0 Å². The first-order valence-corrected chi connectivity index (χ1v) is 11.0. The van der Waals surface area contributed by atoms with Gasteiger partial charge in [-0.2, -0.15) is 0 Å². The number of aryl methyl sites for hydroxylation is 2. The van der Waals surface area contributed by atoms with Crippen LogP contribution in [0.3, 0.4) is 0 Å². The summed E-state index contributed by atoms with van der Waals surface area (Å²) in [6.45, 7) is 8.78. The fourth-order valence-electron chi connectivity index (χ4n) is 1.37. The van der Waals surface area contributed by atoms with Gasteiger partial charge in [-0.15, -0.1) is 0 Å². The van der Waals surface area contributed by atoms with Crippen LogP contribution < -0.4 is 0 Å². The van der Waals surface area contributed by atoms with Crippen molar-refractivity contribution in [3.63, 3.8) is 0 Å². The number of hydrogen-bond donors (Lipinski definition) is 0. The fourth-order valence-corrected chi connectivity index (χ4v) is 5.52. The van der Waals surface area contributed by atoms with Gasteiger partial charge in [0.05, 0.1) is 0 Å². The maximum Gasteiger partial charge on any atom is -0.0398 e. The van der Waals surface area contributed by atoms with Crippen LogP contribution in [-0.2, 0) is 0 Å². The van der Waals surface area contributed by atoms with Gasteiger partial charge in [0.15, 0.2) is 0 Å². The van der Waals surface area contributed by atoms with E-state index in [2.05, 4.69) is 52.0 Å². The molecule has 0 bridgehead atoms. The van der Waals surface area contributed by atoms with Crippen molar-refractivity contribution >= 4 is 21.1 Å². The van der Waals surface area contributed by atoms with Crippen LogP contribution in [0, 0.1) is 13.8 Å². The van der Waals surface area contributed by atoms with Crippen LogP contribution in [0.1, 0.15) is 50.7 Å². The van der Waals surface area contributed by atoms with Gasteiger partial charge < -0.3 is 0 Å². The van der Waals surface area contributed by atoms with E-state index in [0.717, 1.165) is 0 Å². The van der Waals surface area contributed by atoms with Gasteiger partial charge in [0.25, 0.3) is 0 Å². The number of hydrogen-bond acceptors (Lipinski definition) is 0. The van der Waals surface area contributed by atoms with Gasteiger partial charge in [-0.3, -0.25) is 0 Å². The predicted octanol–water partition coefficient (Wildman–Crippen LogP) is 5.43. The molecule has 0 atom stereocenters. The summed E-state index contributed by atoms with van der Waals surface area (Å²) >= 11 is 0.149. The second kappa shape index (κ2) is 12.5. The third-order valence-corrected chi connectivity index (χ3v) is 6.67. The van der Waals surface area contributed by atoms with E-state index in [1.807, 2.05) is 0 Å². The van der Waals surface area contributed by atoms with Gasteiger partial charge in [-0.25, -0.2) is 0 Å². The Morgan fingerprint density at radius 1 is 0.765 bits per heavy atom. The van der Waals surface area contributed by atoms with Crippen molar-refractivity contribution in [1.82, 2.24) is 0 Å². The summed E-state index contributed by atoms with van der Waals surface area (Å²) in [6.07, 6.45) is 5.84. The Kier molecular flexibility index (Phi) is 12.5. The molecule has 0 heterocycles. The maximum atomic E-state index is 2.29. The summed E-state index contributed by atoms with van der Waals surface area (Å²) in [4.78, 5) is 0. The third kappa shape index (κ3) is 12.3. The molecule has 1 aromatic carbocycles. The van der Waals surface area contributed by atoms with Crippen LogP contribution in [0.15, 0.2) is 24.3 Å². The molecule has 0 saturated carbocycles. The van der Waals surface area contributed by atoms with Crippen LogP contribution in [-0.4, -0.2) is 21.1 Å². The molecule has 2 radical (unpaired) electrons. The minimum absolute atomic E-state index is 0.149. The fraction of sp³-hybridized carbons (Fsp3) is 0.625. The van der Waals surface area contributed by atoms with Gasteiger partial charge in [0, 0.05) is 0 Å². The predicted molar refractivity (Wildman–Crippen MR) is 81.1 cm³/mol. The zero-order chi connectivity index (χ0) is 12.9. The molecule has 0 N–H and O–H groups in total. The minimum atomic E-state index is 0.149. The van der Waals surface area contributed by atoms with Crippen molar-refractivity contribution < 1.29 is 0 Å². The molecule has 1 heteroatoms. The maximum absolute atomic E-state index is 2.29. The standard InChI is InChI=1S/C8H10.2C4H9.Sn/c1-7-3-5-8(2)6-4-7;2*1-3-4-2;/h3-6H,1-2H3;2*1,3-4H2,2H3;. The largest absolute Gasteiger partial charge is 0.0591 e. The van der Waals surface area contributed by atoms with Gasteiger partial charge in [-0.1, -0.05) is 35.4 Å². The van der Waals surface area contributed by atoms with Crippen LogP contribution in [0.25, 0.3) is 0 Å². The number of unbranched alkanes of at least 4 members (excludes halogenated alkanes) is 2. The Balaban J connectivity index is 0.000000302. The zero-order valence-corrected chi connectivity index (χ0v) is 14.9. The SMILES string of the molecule is CCC[CH2][Sn][CH2]CCC.Cc1ccc(C)cc1. The van der Waals surface area contributed by atoms with E-state index < -0.39 is 0 Å². The molecule has 0 aliphatic carbocycles. The Labute approximate surface area is 118 Å². The van der Waals surface area contributed by atoms with E-state index in [4.69, 9.17) is 0 Å². The van der Waals surface area contributed by atoms with Crippen LogP contribution in [0.5, 0.6) is 0 Å². The first-order chi connectivity index (χ1) is 8.20. The number of benzene rings is 1. The Bertz CT molecular complexity index is 224. The summed E-state index contributed by atoms with van der Waals surface area (Å²) in [7, 11) is 0. The first-order valence-electron chi connectivity index (χ1n) is 6.94. The van der Waals surface area contributed by atoms with E-state index in [9.17, 15) is 0 Å². The Morgan fingerprint density at radius 2 is 1.12 bits per heavy atom. The molecule has 0 spiro atoms. The molecule has 0 saturated heterocycles. The smallest absolute Gasteiger partial charge is 0.0398 e. The second-order valence-corrected chi connectivity index (χ2v) is 8.89. The van der Waals surface area contributed by atoms with Crippen molar-refractivity contribution in [1.29, 1.82) is 0 Å². The van der Waals surface area contributed by atoms with Crippen LogP contribution in [0.4, 0.5) is 0 Å². The second-order valence-electron chi connectivity index (χ2n) is 4.61. The molecular formula is C16H28Sn. The molecule has 0 aliphatic heterocycles. The molecular weight excluding hydrogens is 311 g/mol. The van der Waals surface area contributed by atoms with Gasteiger partial charge in [0.2, 0.25) is 0 Å². The normalized spacial score (nSPS) is 9.65. The quantitative estimate of drug-likeness (QED) is 0.479. The molecule has 0 fully saturated rings. The van der Waals surface area contributed by atoms with Crippen molar-refractivity contribution in [2.24, 2.45) is 0 Å². The molecule has 0 unspecified atom stereocenters. The molecule has 0 aromatic heterocycles. The van der Waals surface area contributed by atoms with Crippen LogP contribution >= 0.6 is 0 Å². The van der Waals surface area contributed by atoms with Gasteiger partial charge in [0.1, 0.15) is 0 Å². The average Bonchev–Trinajstić information content (AvgIpc) is 2.34. The molecule has 96 valence electrons. The van der Waals surface area contributed by atoms with Crippen molar-refractivity contribution in [3.05, 3.63) is 35.4 Å². The van der Waals surface area contributed by atoms with E-state index in [1.165, 1.54) is 36.8 Å². The molecule has 1 rings (SSSR count). The summed E-state index contributed by atoms with van der Waals surface area (Å²) < 4.78 is 3.25. The molecule has 0 nitrogen and oxygen atoms in total. The summed E-state index contributed by atoms with van der Waals surface area (Å²) in [5.41, 5.74) is 2.66. The Hall–Kier alpha value is 0.0187. The molecule has 0 aliphatic rings. The van der Waals surface area contributed by atoms with Gasteiger partial charge in [-0.05, 0) is 13.8 Å². The molecule has 0 amide bonds. The van der Waals surface area contributed by atoms with Crippen molar-refractivity contribution in [3.8, 4) is 0 Å². The molecule has 17 heavy (non-hydrogen) atoms. The zero-order valence-electron chi connectivity index (χ0n) is 12.1. The number of rotatable bonds is 6. The first kappa shape index (κ1) is 17.0. The minimum Gasteiger partial charge on any atom is -0.0591 e.